The van der Waals surface area contributed by atoms with Crippen LogP contribution in [0.5, 0.6) is 0 Å². The van der Waals surface area contributed by atoms with Crippen LogP contribution in [-0.2, 0) is 13.0 Å². The summed E-state index contributed by atoms with van der Waals surface area (Å²) in [5, 5.41) is 4.98. The van der Waals surface area contributed by atoms with E-state index in [-0.39, 0.29) is 11.8 Å². The minimum absolute atomic E-state index is 0.0338. The summed E-state index contributed by atoms with van der Waals surface area (Å²) < 4.78 is 6.19. The molecule has 182 valence electrons. The molecule has 0 spiro atoms. The van der Waals surface area contributed by atoms with Crippen molar-refractivity contribution in [3.8, 4) is 11.3 Å². The molecule has 5 heteroatoms. The third kappa shape index (κ3) is 4.52. The van der Waals surface area contributed by atoms with Crippen LogP contribution in [0.2, 0.25) is 0 Å². The number of rotatable bonds is 4. The number of carbonyl (C=O) groups is 2. The van der Waals surface area contributed by atoms with E-state index in [1.807, 2.05) is 109 Å². The van der Waals surface area contributed by atoms with Gasteiger partial charge in [-0.05, 0) is 54.1 Å². The molecule has 0 saturated heterocycles. The Hall–Kier alpha value is -4.64. The maximum Gasteiger partial charge on any atom is 0.256 e. The van der Waals surface area contributed by atoms with Crippen LogP contribution in [0, 0.1) is 6.92 Å². The van der Waals surface area contributed by atoms with E-state index in [1.54, 1.807) is 0 Å². The van der Waals surface area contributed by atoms with Gasteiger partial charge in [0, 0.05) is 47.5 Å². The van der Waals surface area contributed by atoms with Crippen molar-refractivity contribution in [3.63, 3.8) is 0 Å². The first kappa shape index (κ1) is 22.8. The number of carbonyl (C=O) groups excluding carboxylic acids is 2. The van der Waals surface area contributed by atoms with Gasteiger partial charge in [-0.25, -0.2) is 0 Å². The SMILES string of the molecule is Cc1ccc(C(=O)N2CCc3oc(-c4cccc(NC(=O)c5cccc6ccccc56)c4)cc3C2)cc1. The molecular formula is C32H26N2O3. The summed E-state index contributed by atoms with van der Waals surface area (Å²) in [6.07, 6.45) is 0.671. The van der Waals surface area contributed by atoms with E-state index < -0.39 is 0 Å². The molecule has 0 radical (unpaired) electrons. The number of anilines is 1. The average molecular weight is 487 g/mol. The molecule has 1 aromatic heterocycles. The summed E-state index contributed by atoms with van der Waals surface area (Å²) in [4.78, 5) is 28.0. The van der Waals surface area contributed by atoms with Gasteiger partial charge in [-0.1, -0.05) is 66.2 Å². The first-order chi connectivity index (χ1) is 18.0. The first-order valence-corrected chi connectivity index (χ1v) is 12.4. The van der Waals surface area contributed by atoms with Crippen LogP contribution in [-0.4, -0.2) is 23.3 Å². The van der Waals surface area contributed by atoms with Crippen LogP contribution in [0.3, 0.4) is 0 Å². The van der Waals surface area contributed by atoms with Gasteiger partial charge in [0.1, 0.15) is 11.5 Å². The zero-order valence-electron chi connectivity index (χ0n) is 20.5. The third-order valence-corrected chi connectivity index (χ3v) is 6.89. The molecule has 2 amide bonds. The monoisotopic (exact) mass is 486 g/mol. The molecule has 4 aromatic carbocycles. The number of amides is 2. The van der Waals surface area contributed by atoms with Gasteiger partial charge in [-0.3, -0.25) is 9.59 Å². The van der Waals surface area contributed by atoms with Crippen LogP contribution in [0.1, 0.15) is 37.6 Å². The van der Waals surface area contributed by atoms with E-state index in [2.05, 4.69) is 5.32 Å². The topological polar surface area (TPSA) is 62.6 Å². The number of nitrogens with one attached hydrogen (secondary N) is 1. The molecule has 1 aliphatic rings. The van der Waals surface area contributed by atoms with E-state index in [4.69, 9.17) is 4.42 Å². The third-order valence-electron chi connectivity index (χ3n) is 6.89. The maximum absolute atomic E-state index is 13.1. The highest BCUT2D eigenvalue weighted by Crippen LogP contribution is 2.31. The van der Waals surface area contributed by atoms with Crippen molar-refractivity contribution in [1.29, 1.82) is 0 Å². The Morgan fingerprint density at radius 1 is 0.865 bits per heavy atom. The van der Waals surface area contributed by atoms with Crippen LogP contribution in [0.4, 0.5) is 5.69 Å². The molecule has 0 saturated carbocycles. The maximum atomic E-state index is 13.1. The van der Waals surface area contributed by atoms with Gasteiger partial charge < -0.3 is 14.6 Å². The van der Waals surface area contributed by atoms with Gasteiger partial charge in [0.25, 0.3) is 11.8 Å². The van der Waals surface area contributed by atoms with Crippen molar-refractivity contribution in [2.75, 3.05) is 11.9 Å². The van der Waals surface area contributed by atoms with E-state index in [0.29, 0.717) is 36.3 Å². The molecule has 37 heavy (non-hydrogen) atoms. The van der Waals surface area contributed by atoms with Crippen LogP contribution in [0.25, 0.3) is 22.1 Å². The lowest BCUT2D eigenvalue weighted by Crippen LogP contribution is -2.35. The highest BCUT2D eigenvalue weighted by Gasteiger charge is 2.25. The predicted molar refractivity (Wildman–Crippen MR) is 146 cm³/mol. The van der Waals surface area contributed by atoms with Gasteiger partial charge in [0.05, 0.1) is 0 Å². The highest BCUT2D eigenvalue weighted by atomic mass is 16.3. The summed E-state index contributed by atoms with van der Waals surface area (Å²) >= 11 is 0. The zero-order chi connectivity index (χ0) is 25.4. The Labute approximate surface area is 215 Å². The van der Waals surface area contributed by atoms with E-state index in [1.165, 1.54) is 0 Å². The van der Waals surface area contributed by atoms with Crippen molar-refractivity contribution >= 4 is 28.3 Å². The van der Waals surface area contributed by atoms with Crippen LogP contribution in [0.15, 0.2) is 101 Å². The fraction of sp³-hybridized carbons (Fsp3) is 0.125. The lowest BCUT2D eigenvalue weighted by atomic mass is 10.0. The minimum Gasteiger partial charge on any atom is -0.461 e. The molecule has 0 atom stereocenters. The van der Waals surface area contributed by atoms with Crippen LogP contribution >= 0.6 is 0 Å². The van der Waals surface area contributed by atoms with Gasteiger partial charge in [-0.2, -0.15) is 0 Å². The number of hydrogen-bond acceptors (Lipinski definition) is 3. The fourth-order valence-corrected chi connectivity index (χ4v) is 4.90. The van der Waals surface area contributed by atoms with E-state index in [0.717, 1.165) is 39.0 Å². The average Bonchev–Trinajstić information content (AvgIpc) is 3.36. The fourth-order valence-electron chi connectivity index (χ4n) is 4.90. The lowest BCUT2D eigenvalue weighted by Gasteiger charge is -2.26. The van der Waals surface area contributed by atoms with Crippen molar-refractivity contribution in [3.05, 3.63) is 125 Å². The number of aryl methyl sites for hydroxylation is 1. The minimum atomic E-state index is -0.155. The Bertz CT molecular complexity index is 1630. The summed E-state index contributed by atoms with van der Waals surface area (Å²) in [5.74, 6) is 1.52. The Morgan fingerprint density at radius 2 is 1.65 bits per heavy atom. The van der Waals surface area contributed by atoms with Gasteiger partial charge in [-0.15, -0.1) is 0 Å². The van der Waals surface area contributed by atoms with Gasteiger partial charge in [0.2, 0.25) is 0 Å². The molecule has 1 N–H and O–H groups in total. The zero-order valence-corrected chi connectivity index (χ0v) is 20.5. The largest absolute Gasteiger partial charge is 0.461 e. The Morgan fingerprint density at radius 3 is 2.51 bits per heavy atom. The summed E-state index contributed by atoms with van der Waals surface area (Å²) in [6.45, 7) is 3.15. The van der Waals surface area contributed by atoms with Crippen LogP contribution < -0.4 is 5.32 Å². The molecule has 1 aliphatic heterocycles. The summed E-state index contributed by atoms with van der Waals surface area (Å²) in [6, 6.07) is 31.0. The molecule has 0 fully saturated rings. The number of benzene rings is 4. The normalized spacial score (nSPS) is 12.8. The van der Waals surface area contributed by atoms with Crippen molar-refractivity contribution in [1.82, 2.24) is 4.90 Å². The van der Waals surface area contributed by atoms with Crippen molar-refractivity contribution < 1.29 is 14.0 Å². The molecule has 2 heterocycles. The molecule has 0 bridgehead atoms. The molecule has 6 rings (SSSR count). The molecular weight excluding hydrogens is 460 g/mol. The molecule has 0 unspecified atom stereocenters. The smallest absolute Gasteiger partial charge is 0.256 e. The summed E-state index contributed by atoms with van der Waals surface area (Å²) in [7, 11) is 0. The standard InChI is InChI=1S/C32H26N2O3/c1-21-12-14-23(15-13-21)32(36)34-17-16-29-25(20-34)19-30(37-29)24-8-4-9-26(18-24)33-31(35)28-11-5-7-22-6-2-3-10-27(22)28/h2-15,18-19H,16-17,20H2,1H3,(H,33,35). The van der Waals surface area contributed by atoms with Crippen molar-refractivity contribution in [2.24, 2.45) is 0 Å². The molecule has 0 aliphatic carbocycles. The quantitative estimate of drug-likeness (QED) is 0.302. The van der Waals surface area contributed by atoms with Gasteiger partial charge in [0.15, 0.2) is 0 Å². The van der Waals surface area contributed by atoms with Crippen molar-refractivity contribution in [2.45, 2.75) is 19.9 Å². The second-order valence-corrected chi connectivity index (χ2v) is 9.46. The molecule has 5 aromatic rings. The van der Waals surface area contributed by atoms with E-state index in [9.17, 15) is 9.59 Å². The second-order valence-electron chi connectivity index (χ2n) is 9.46. The van der Waals surface area contributed by atoms with E-state index >= 15 is 0 Å². The Balaban J connectivity index is 1.21. The van der Waals surface area contributed by atoms with Gasteiger partial charge >= 0.3 is 0 Å². The number of nitrogens with zero attached hydrogens (tertiary/aromatic N) is 1. The predicted octanol–water partition coefficient (Wildman–Crippen LogP) is 6.86. The molecule has 5 nitrogen and oxygen atoms in total. The number of fused-ring (bicyclic) bond motifs is 2. The first-order valence-electron chi connectivity index (χ1n) is 12.4. The second kappa shape index (κ2) is 9.43. The highest BCUT2D eigenvalue weighted by molar-refractivity contribution is 6.13. The Kier molecular flexibility index (Phi) is 5.81. The number of furan rings is 1. The number of hydrogen-bond donors (Lipinski definition) is 1. The summed E-state index contributed by atoms with van der Waals surface area (Å²) in [5.41, 5.74) is 5.06. The lowest BCUT2D eigenvalue weighted by molar-refractivity contribution is 0.0730.